The third-order valence-electron chi connectivity index (χ3n) is 3.14. The largest absolute Gasteiger partial charge is 0.497 e. The maximum atomic E-state index is 12.0. The topological polar surface area (TPSA) is 96.9 Å². The molecule has 0 bridgehead atoms. The van der Waals surface area contributed by atoms with Crippen LogP contribution in [0.15, 0.2) is 22.7 Å². The zero-order valence-electron chi connectivity index (χ0n) is 11.3. The molecule has 0 aliphatic carbocycles. The second-order valence-corrected chi connectivity index (χ2v) is 5.39. The number of halogens is 1. The highest BCUT2D eigenvalue weighted by Crippen LogP contribution is 2.27. The van der Waals surface area contributed by atoms with Crippen LogP contribution in [0.25, 0.3) is 0 Å². The SMILES string of the molecule is COc1ccc(Br)c(NC(=O)NC2COCC2C(=O)O)c1. The van der Waals surface area contributed by atoms with Gasteiger partial charge in [0.2, 0.25) is 0 Å². The van der Waals surface area contributed by atoms with E-state index in [2.05, 4.69) is 26.6 Å². The van der Waals surface area contributed by atoms with Crippen molar-refractivity contribution < 1.29 is 24.2 Å². The molecule has 114 valence electrons. The highest BCUT2D eigenvalue weighted by Gasteiger charge is 2.35. The summed E-state index contributed by atoms with van der Waals surface area (Å²) < 4.78 is 10.9. The number of rotatable bonds is 4. The van der Waals surface area contributed by atoms with E-state index in [0.29, 0.717) is 15.9 Å². The molecule has 8 heteroatoms. The van der Waals surface area contributed by atoms with Crippen molar-refractivity contribution in [2.24, 2.45) is 5.92 Å². The van der Waals surface area contributed by atoms with E-state index < -0.39 is 24.0 Å². The molecule has 1 saturated heterocycles. The molecule has 0 aromatic heterocycles. The van der Waals surface area contributed by atoms with Crippen molar-refractivity contribution in [2.75, 3.05) is 25.6 Å². The third-order valence-corrected chi connectivity index (χ3v) is 3.83. The van der Waals surface area contributed by atoms with Gasteiger partial charge in [-0.15, -0.1) is 0 Å². The van der Waals surface area contributed by atoms with Gasteiger partial charge in [-0.1, -0.05) is 0 Å². The molecule has 21 heavy (non-hydrogen) atoms. The molecule has 2 atom stereocenters. The fraction of sp³-hybridized carbons (Fsp3) is 0.385. The van der Waals surface area contributed by atoms with Crippen LogP contribution in [0.1, 0.15) is 0 Å². The standard InChI is InChI=1S/C13H15BrN2O5/c1-20-7-2-3-9(14)10(4-7)15-13(19)16-11-6-21-5-8(11)12(17)18/h2-4,8,11H,5-6H2,1H3,(H,17,18)(H2,15,16,19). The van der Waals surface area contributed by atoms with E-state index in [0.717, 1.165) is 0 Å². The summed E-state index contributed by atoms with van der Waals surface area (Å²) in [5.41, 5.74) is 0.526. The number of carboxylic acids is 1. The van der Waals surface area contributed by atoms with Gasteiger partial charge < -0.3 is 25.2 Å². The van der Waals surface area contributed by atoms with Crippen molar-refractivity contribution in [3.63, 3.8) is 0 Å². The highest BCUT2D eigenvalue weighted by atomic mass is 79.9. The first-order valence-electron chi connectivity index (χ1n) is 6.23. The second kappa shape index (κ2) is 6.77. The number of benzene rings is 1. The molecule has 1 aliphatic heterocycles. The van der Waals surface area contributed by atoms with Crippen LogP contribution in [-0.2, 0) is 9.53 Å². The predicted molar refractivity (Wildman–Crippen MR) is 78.6 cm³/mol. The van der Waals surface area contributed by atoms with E-state index >= 15 is 0 Å². The molecule has 1 aromatic carbocycles. The van der Waals surface area contributed by atoms with Crippen LogP contribution in [0.3, 0.4) is 0 Å². The summed E-state index contributed by atoms with van der Waals surface area (Å²) in [4.78, 5) is 23.0. The number of amides is 2. The number of carboxylic acid groups (broad SMARTS) is 1. The van der Waals surface area contributed by atoms with Crippen molar-refractivity contribution in [2.45, 2.75) is 6.04 Å². The Bertz CT molecular complexity index is 551. The first-order chi connectivity index (χ1) is 10.0. The van der Waals surface area contributed by atoms with E-state index in [1.807, 2.05) is 0 Å². The Hall–Kier alpha value is -1.80. The average Bonchev–Trinajstić information content (AvgIpc) is 2.89. The van der Waals surface area contributed by atoms with E-state index in [4.69, 9.17) is 14.6 Å². The molecule has 0 radical (unpaired) electrons. The van der Waals surface area contributed by atoms with Gasteiger partial charge in [0.15, 0.2) is 0 Å². The molecule has 7 nitrogen and oxygen atoms in total. The molecule has 1 aromatic rings. The molecule has 0 saturated carbocycles. The Balaban J connectivity index is 2.00. The number of carbonyl (C=O) groups is 2. The smallest absolute Gasteiger partial charge is 0.319 e. The summed E-state index contributed by atoms with van der Waals surface area (Å²) in [6.45, 7) is 0.285. The van der Waals surface area contributed by atoms with E-state index in [1.54, 1.807) is 18.2 Å². The Morgan fingerprint density at radius 3 is 2.86 bits per heavy atom. The number of hydrogen-bond donors (Lipinski definition) is 3. The molecule has 2 unspecified atom stereocenters. The van der Waals surface area contributed by atoms with E-state index in [9.17, 15) is 9.59 Å². The van der Waals surface area contributed by atoms with Crippen molar-refractivity contribution in [3.8, 4) is 5.75 Å². The summed E-state index contributed by atoms with van der Waals surface area (Å²) in [5.74, 6) is -1.12. The van der Waals surface area contributed by atoms with Crippen molar-refractivity contribution >= 4 is 33.6 Å². The normalized spacial score (nSPS) is 20.9. The minimum Gasteiger partial charge on any atom is -0.497 e. The molecular weight excluding hydrogens is 344 g/mol. The van der Waals surface area contributed by atoms with Gasteiger partial charge >= 0.3 is 12.0 Å². The maximum Gasteiger partial charge on any atom is 0.319 e. The summed E-state index contributed by atoms with van der Waals surface area (Å²) in [7, 11) is 1.53. The lowest BCUT2D eigenvalue weighted by atomic mass is 10.0. The zero-order valence-corrected chi connectivity index (χ0v) is 12.8. The molecule has 2 amide bonds. The molecular formula is C13H15BrN2O5. The van der Waals surface area contributed by atoms with Crippen LogP contribution in [0.5, 0.6) is 5.75 Å². The van der Waals surface area contributed by atoms with Crippen molar-refractivity contribution in [3.05, 3.63) is 22.7 Å². The summed E-state index contributed by atoms with van der Waals surface area (Å²) in [6.07, 6.45) is 0. The Morgan fingerprint density at radius 1 is 1.43 bits per heavy atom. The monoisotopic (exact) mass is 358 g/mol. The number of hydrogen-bond acceptors (Lipinski definition) is 4. The van der Waals surface area contributed by atoms with Gasteiger partial charge in [0, 0.05) is 10.5 Å². The quantitative estimate of drug-likeness (QED) is 0.760. The fourth-order valence-electron chi connectivity index (χ4n) is 1.99. The van der Waals surface area contributed by atoms with Gasteiger partial charge in [0.05, 0.1) is 32.1 Å². The van der Waals surface area contributed by atoms with E-state index in [1.165, 1.54) is 7.11 Å². The van der Waals surface area contributed by atoms with Gasteiger partial charge in [-0.3, -0.25) is 4.79 Å². The second-order valence-electron chi connectivity index (χ2n) is 4.53. The van der Waals surface area contributed by atoms with Crippen LogP contribution >= 0.6 is 15.9 Å². The lowest BCUT2D eigenvalue weighted by Crippen LogP contribution is -2.44. The zero-order chi connectivity index (χ0) is 15.4. The van der Waals surface area contributed by atoms with Gasteiger partial charge in [-0.2, -0.15) is 0 Å². The van der Waals surface area contributed by atoms with Crippen molar-refractivity contribution in [1.82, 2.24) is 5.32 Å². The summed E-state index contributed by atoms with van der Waals surface area (Å²) in [6, 6.07) is 4.10. The summed E-state index contributed by atoms with van der Waals surface area (Å²) >= 11 is 3.32. The van der Waals surface area contributed by atoms with Crippen LogP contribution < -0.4 is 15.4 Å². The minimum absolute atomic E-state index is 0.100. The molecule has 1 aliphatic rings. The first kappa shape index (κ1) is 15.6. The molecule has 3 N–H and O–H groups in total. The Labute approximate surface area is 129 Å². The van der Waals surface area contributed by atoms with Crippen molar-refractivity contribution in [1.29, 1.82) is 0 Å². The van der Waals surface area contributed by atoms with Crippen LogP contribution in [0, 0.1) is 5.92 Å². The summed E-state index contributed by atoms with van der Waals surface area (Å²) in [5, 5.41) is 14.3. The van der Waals surface area contributed by atoms with Gasteiger partial charge in [0.25, 0.3) is 0 Å². The number of anilines is 1. The lowest BCUT2D eigenvalue weighted by Gasteiger charge is -2.17. The number of methoxy groups -OCH3 is 1. The Morgan fingerprint density at radius 2 is 2.19 bits per heavy atom. The number of carbonyl (C=O) groups excluding carboxylic acids is 1. The number of ether oxygens (including phenoxy) is 2. The van der Waals surface area contributed by atoms with E-state index in [-0.39, 0.29) is 13.2 Å². The van der Waals surface area contributed by atoms with Gasteiger partial charge in [-0.05, 0) is 28.1 Å². The third kappa shape index (κ3) is 3.85. The number of aliphatic carboxylic acids is 1. The minimum atomic E-state index is -0.986. The first-order valence-corrected chi connectivity index (χ1v) is 7.02. The molecule has 1 fully saturated rings. The molecule has 0 spiro atoms. The average molecular weight is 359 g/mol. The molecule has 1 heterocycles. The lowest BCUT2D eigenvalue weighted by molar-refractivity contribution is -0.142. The van der Waals surface area contributed by atoms with Gasteiger partial charge in [0.1, 0.15) is 11.7 Å². The predicted octanol–water partition coefficient (Wildman–Crippen LogP) is 1.68. The maximum absolute atomic E-state index is 12.0. The van der Waals surface area contributed by atoms with Crippen LogP contribution in [0.2, 0.25) is 0 Å². The van der Waals surface area contributed by atoms with Crippen LogP contribution in [0.4, 0.5) is 10.5 Å². The van der Waals surface area contributed by atoms with Gasteiger partial charge in [-0.25, -0.2) is 4.79 Å². The Kier molecular flexibility index (Phi) is 5.03. The molecule has 2 rings (SSSR count). The number of nitrogens with one attached hydrogen (secondary N) is 2. The highest BCUT2D eigenvalue weighted by molar-refractivity contribution is 9.10. The fourth-order valence-corrected chi connectivity index (χ4v) is 2.34. The number of urea groups is 1. The van der Waals surface area contributed by atoms with Crippen LogP contribution in [-0.4, -0.2) is 43.5 Å².